The predicted octanol–water partition coefficient (Wildman–Crippen LogP) is 4.16. The van der Waals surface area contributed by atoms with Gasteiger partial charge in [-0.05, 0) is 46.7 Å². The Balaban J connectivity index is 1.98. The molecule has 1 aliphatic rings. The monoisotopic (exact) mass is 282 g/mol. The molecule has 2 aromatic rings. The van der Waals surface area contributed by atoms with Crippen molar-refractivity contribution in [3.05, 3.63) is 65.2 Å². The molecule has 0 amide bonds. The molecule has 0 radical (unpaired) electrons. The van der Waals surface area contributed by atoms with E-state index in [0.29, 0.717) is 5.92 Å². The van der Waals surface area contributed by atoms with E-state index in [-0.39, 0.29) is 0 Å². The molecule has 20 heavy (non-hydrogen) atoms. The molecule has 102 valence electrons. The fraction of sp³-hybridized carbons (Fsp3) is 0.222. The van der Waals surface area contributed by atoms with E-state index in [9.17, 15) is 4.21 Å². The standard InChI is InChI=1S/C18H18OS/c1-13-11-15-5-3-4-6-17(15)18(13)12-14-7-9-16(10-8-14)20(2)19/h3-10,12-13H,11H2,1-2H3. The third-order valence-electron chi connectivity index (χ3n) is 3.92. The van der Waals surface area contributed by atoms with Crippen LogP contribution in [0.5, 0.6) is 0 Å². The summed E-state index contributed by atoms with van der Waals surface area (Å²) in [7, 11) is -0.905. The van der Waals surface area contributed by atoms with Crippen LogP contribution in [0.15, 0.2) is 53.4 Å². The Hall–Kier alpha value is -1.67. The normalized spacial score (nSPS) is 20.9. The molecular formula is C18H18OS. The molecule has 2 heteroatoms. The predicted molar refractivity (Wildman–Crippen MR) is 86.0 cm³/mol. The molecule has 3 rings (SSSR count). The Labute approximate surface area is 122 Å². The fourth-order valence-corrected chi connectivity index (χ4v) is 3.36. The maximum atomic E-state index is 11.4. The maximum absolute atomic E-state index is 11.4. The molecule has 0 aliphatic heterocycles. The second kappa shape index (κ2) is 5.37. The molecule has 1 nitrogen and oxygen atoms in total. The van der Waals surface area contributed by atoms with Crippen molar-refractivity contribution in [2.45, 2.75) is 18.2 Å². The molecule has 0 saturated heterocycles. The Kier molecular flexibility index (Phi) is 3.58. The van der Waals surface area contributed by atoms with Gasteiger partial charge in [-0.25, -0.2) is 0 Å². The second-order valence-electron chi connectivity index (χ2n) is 5.39. The summed E-state index contributed by atoms with van der Waals surface area (Å²) >= 11 is 0. The van der Waals surface area contributed by atoms with Crippen molar-refractivity contribution in [1.29, 1.82) is 0 Å². The average Bonchev–Trinajstić information content (AvgIpc) is 2.76. The first-order chi connectivity index (χ1) is 9.65. The van der Waals surface area contributed by atoms with Gasteiger partial charge < -0.3 is 0 Å². The van der Waals surface area contributed by atoms with Gasteiger partial charge in [0, 0.05) is 22.0 Å². The zero-order valence-corrected chi connectivity index (χ0v) is 12.6. The highest BCUT2D eigenvalue weighted by atomic mass is 32.2. The third kappa shape index (κ3) is 2.48. The second-order valence-corrected chi connectivity index (χ2v) is 6.76. The molecule has 1 aliphatic carbocycles. The molecule has 0 N–H and O–H groups in total. The van der Waals surface area contributed by atoms with Crippen LogP contribution in [0, 0.1) is 5.92 Å². The number of rotatable bonds is 2. The number of hydrogen-bond donors (Lipinski definition) is 0. The van der Waals surface area contributed by atoms with E-state index >= 15 is 0 Å². The minimum absolute atomic E-state index is 0.562. The average molecular weight is 282 g/mol. The first kappa shape index (κ1) is 13.3. The van der Waals surface area contributed by atoms with Crippen molar-refractivity contribution >= 4 is 22.4 Å². The molecule has 2 unspecified atom stereocenters. The zero-order valence-electron chi connectivity index (χ0n) is 11.8. The third-order valence-corrected chi connectivity index (χ3v) is 4.86. The molecule has 0 fully saturated rings. The van der Waals surface area contributed by atoms with E-state index in [1.54, 1.807) is 6.26 Å². The Morgan fingerprint density at radius 1 is 1.10 bits per heavy atom. The summed E-state index contributed by atoms with van der Waals surface area (Å²) in [6, 6.07) is 16.7. The lowest BCUT2D eigenvalue weighted by molar-refractivity contribution is 0.687. The minimum atomic E-state index is -0.905. The van der Waals surface area contributed by atoms with Gasteiger partial charge in [0.05, 0.1) is 0 Å². The summed E-state index contributed by atoms with van der Waals surface area (Å²) in [5.74, 6) is 0.562. The van der Waals surface area contributed by atoms with Crippen LogP contribution in [-0.4, -0.2) is 10.5 Å². The zero-order chi connectivity index (χ0) is 14.1. The Morgan fingerprint density at radius 3 is 2.50 bits per heavy atom. The molecule has 0 aromatic heterocycles. The first-order valence-corrected chi connectivity index (χ1v) is 8.44. The van der Waals surface area contributed by atoms with Crippen molar-refractivity contribution in [1.82, 2.24) is 0 Å². The summed E-state index contributed by atoms with van der Waals surface area (Å²) < 4.78 is 11.4. The number of fused-ring (bicyclic) bond motifs is 1. The van der Waals surface area contributed by atoms with E-state index in [0.717, 1.165) is 11.3 Å². The molecule has 2 aromatic carbocycles. The van der Waals surface area contributed by atoms with Gasteiger partial charge in [0.1, 0.15) is 0 Å². The molecule has 0 heterocycles. The lowest BCUT2D eigenvalue weighted by Crippen LogP contribution is -1.91. The molecule has 0 spiro atoms. The van der Waals surface area contributed by atoms with Crippen LogP contribution < -0.4 is 0 Å². The van der Waals surface area contributed by atoms with Gasteiger partial charge in [-0.1, -0.05) is 49.4 Å². The minimum Gasteiger partial charge on any atom is -0.255 e. The van der Waals surface area contributed by atoms with Crippen molar-refractivity contribution in [3.63, 3.8) is 0 Å². The fourth-order valence-electron chi connectivity index (χ4n) is 2.84. The maximum Gasteiger partial charge on any atom is 0.0498 e. The van der Waals surface area contributed by atoms with Crippen molar-refractivity contribution in [3.8, 4) is 0 Å². The smallest absolute Gasteiger partial charge is 0.0498 e. The Morgan fingerprint density at radius 2 is 1.80 bits per heavy atom. The summed E-state index contributed by atoms with van der Waals surface area (Å²) in [4.78, 5) is 0.882. The SMILES string of the molecule is CC1Cc2ccccc2C1=Cc1ccc(S(C)=O)cc1. The lowest BCUT2D eigenvalue weighted by Gasteiger charge is -2.06. The summed E-state index contributed by atoms with van der Waals surface area (Å²) in [6.45, 7) is 2.28. The largest absolute Gasteiger partial charge is 0.255 e. The Bertz CT molecular complexity index is 683. The van der Waals surface area contributed by atoms with Crippen LogP contribution in [0.1, 0.15) is 23.6 Å². The summed E-state index contributed by atoms with van der Waals surface area (Å²) in [5.41, 5.74) is 5.41. The van der Waals surface area contributed by atoms with Crippen LogP contribution >= 0.6 is 0 Å². The highest BCUT2D eigenvalue weighted by Gasteiger charge is 2.22. The molecule has 2 atom stereocenters. The van der Waals surface area contributed by atoms with E-state index in [1.165, 1.54) is 22.3 Å². The van der Waals surface area contributed by atoms with E-state index < -0.39 is 10.8 Å². The van der Waals surface area contributed by atoms with Crippen molar-refractivity contribution in [2.24, 2.45) is 5.92 Å². The van der Waals surface area contributed by atoms with Crippen LogP contribution in [-0.2, 0) is 17.2 Å². The lowest BCUT2D eigenvalue weighted by atomic mass is 9.99. The molecular weight excluding hydrogens is 264 g/mol. The molecule has 0 saturated carbocycles. The van der Waals surface area contributed by atoms with Gasteiger partial charge >= 0.3 is 0 Å². The number of benzene rings is 2. The van der Waals surface area contributed by atoms with Crippen LogP contribution in [0.3, 0.4) is 0 Å². The summed E-state index contributed by atoms with van der Waals surface area (Å²) in [5, 5.41) is 0. The van der Waals surface area contributed by atoms with Gasteiger partial charge in [-0.3, -0.25) is 4.21 Å². The van der Waals surface area contributed by atoms with E-state index in [1.807, 2.05) is 12.1 Å². The van der Waals surface area contributed by atoms with E-state index in [2.05, 4.69) is 49.4 Å². The summed E-state index contributed by atoms with van der Waals surface area (Å²) in [6.07, 6.45) is 5.10. The van der Waals surface area contributed by atoms with Crippen molar-refractivity contribution in [2.75, 3.05) is 6.26 Å². The van der Waals surface area contributed by atoms with Gasteiger partial charge in [0.25, 0.3) is 0 Å². The number of hydrogen-bond acceptors (Lipinski definition) is 1. The van der Waals surface area contributed by atoms with Crippen LogP contribution in [0.2, 0.25) is 0 Å². The van der Waals surface area contributed by atoms with Crippen LogP contribution in [0.4, 0.5) is 0 Å². The quantitative estimate of drug-likeness (QED) is 0.808. The van der Waals surface area contributed by atoms with Gasteiger partial charge in [0.15, 0.2) is 0 Å². The highest BCUT2D eigenvalue weighted by molar-refractivity contribution is 7.84. The van der Waals surface area contributed by atoms with Gasteiger partial charge in [0.2, 0.25) is 0 Å². The molecule has 0 bridgehead atoms. The van der Waals surface area contributed by atoms with E-state index in [4.69, 9.17) is 0 Å². The first-order valence-electron chi connectivity index (χ1n) is 6.88. The van der Waals surface area contributed by atoms with Gasteiger partial charge in [-0.15, -0.1) is 0 Å². The topological polar surface area (TPSA) is 17.1 Å². The number of allylic oxidation sites excluding steroid dienone is 1. The van der Waals surface area contributed by atoms with Crippen LogP contribution in [0.25, 0.3) is 11.6 Å². The van der Waals surface area contributed by atoms with Gasteiger partial charge in [-0.2, -0.15) is 0 Å². The van der Waals surface area contributed by atoms with Crippen molar-refractivity contribution < 1.29 is 4.21 Å². The highest BCUT2D eigenvalue weighted by Crippen LogP contribution is 2.37.